The Balaban J connectivity index is 1.82. The molecule has 2 aromatic carbocycles. The maximum absolute atomic E-state index is 9.31. The van der Waals surface area contributed by atoms with Gasteiger partial charge in [-0.25, -0.2) is 0 Å². The van der Waals surface area contributed by atoms with Crippen molar-refractivity contribution in [2.75, 3.05) is 13.2 Å². The first kappa shape index (κ1) is 14.4. The van der Waals surface area contributed by atoms with Crippen LogP contribution in [-0.4, -0.2) is 24.4 Å². The number of ether oxygens (including phenoxy) is 2. The molecular formula is C16H19NO3. The molecule has 3 N–H and O–H groups in total. The van der Waals surface area contributed by atoms with Gasteiger partial charge in [-0.1, -0.05) is 30.3 Å². The largest absolute Gasteiger partial charge is 0.491 e. The molecule has 4 nitrogen and oxygen atoms in total. The summed E-state index contributed by atoms with van der Waals surface area (Å²) in [7, 11) is 0. The van der Waals surface area contributed by atoms with E-state index in [-0.39, 0.29) is 13.2 Å². The van der Waals surface area contributed by atoms with Gasteiger partial charge in [0.25, 0.3) is 0 Å². The molecule has 0 fully saturated rings. The second-order valence-electron chi connectivity index (χ2n) is 4.45. The molecule has 0 spiro atoms. The minimum absolute atomic E-state index is 0.193. The van der Waals surface area contributed by atoms with Crippen LogP contribution in [0.5, 0.6) is 11.5 Å². The lowest BCUT2D eigenvalue weighted by Gasteiger charge is -2.11. The first-order valence-electron chi connectivity index (χ1n) is 6.55. The van der Waals surface area contributed by atoms with E-state index in [1.54, 1.807) is 0 Å². The molecule has 0 unspecified atom stereocenters. The summed E-state index contributed by atoms with van der Waals surface area (Å²) in [5, 5.41) is 9.31. The van der Waals surface area contributed by atoms with Gasteiger partial charge in [-0.15, -0.1) is 0 Å². The number of aliphatic hydroxyl groups is 1. The van der Waals surface area contributed by atoms with E-state index >= 15 is 0 Å². The Bertz CT molecular complexity index is 499. The predicted molar refractivity (Wildman–Crippen MR) is 77.8 cm³/mol. The van der Waals surface area contributed by atoms with Crippen molar-refractivity contribution in [1.82, 2.24) is 0 Å². The Labute approximate surface area is 118 Å². The van der Waals surface area contributed by atoms with E-state index in [1.807, 2.05) is 54.6 Å². The minimum Gasteiger partial charge on any atom is -0.491 e. The van der Waals surface area contributed by atoms with Crippen molar-refractivity contribution < 1.29 is 14.6 Å². The average molecular weight is 273 g/mol. The van der Waals surface area contributed by atoms with Crippen LogP contribution in [0.2, 0.25) is 0 Å². The number of hydrogen-bond donors (Lipinski definition) is 2. The molecule has 0 aliphatic rings. The fourth-order valence-corrected chi connectivity index (χ4v) is 1.63. The highest BCUT2D eigenvalue weighted by Crippen LogP contribution is 2.18. The summed E-state index contributed by atoms with van der Waals surface area (Å²) in [4.78, 5) is 0. The number of nitrogens with two attached hydrogens (primary N) is 1. The lowest BCUT2D eigenvalue weighted by atomic mass is 10.2. The van der Waals surface area contributed by atoms with Crippen LogP contribution in [-0.2, 0) is 6.61 Å². The number of aliphatic hydroxyl groups excluding tert-OH is 1. The van der Waals surface area contributed by atoms with Crippen LogP contribution in [0.3, 0.4) is 0 Å². The van der Waals surface area contributed by atoms with Gasteiger partial charge in [-0.05, 0) is 29.8 Å². The van der Waals surface area contributed by atoms with Crippen LogP contribution >= 0.6 is 0 Å². The first-order valence-corrected chi connectivity index (χ1v) is 6.55. The van der Waals surface area contributed by atoms with Gasteiger partial charge in [0.15, 0.2) is 0 Å². The molecule has 2 rings (SSSR count). The zero-order valence-corrected chi connectivity index (χ0v) is 11.2. The van der Waals surface area contributed by atoms with Crippen LogP contribution < -0.4 is 15.2 Å². The van der Waals surface area contributed by atoms with Crippen LogP contribution in [0.15, 0.2) is 54.6 Å². The first-order chi connectivity index (χ1) is 9.78. The molecule has 0 bridgehead atoms. The van der Waals surface area contributed by atoms with Gasteiger partial charge < -0.3 is 20.3 Å². The molecule has 0 aromatic heterocycles. The molecule has 0 radical (unpaired) electrons. The second-order valence-corrected chi connectivity index (χ2v) is 4.45. The number of rotatable bonds is 7. The summed E-state index contributed by atoms with van der Waals surface area (Å²) < 4.78 is 11.1. The van der Waals surface area contributed by atoms with Crippen LogP contribution in [0.4, 0.5) is 0 Å². The topological polar surface area (TPSA) is 64.7 Å². The fraction of sp³-hybridized carbons (Fsp3) is 0.250. The third kappa shape index (κ3) is 4.57. The highest BCUT2D eigenvalue weighted by atomic mass is 16.5. The van der Waals surface area contributed by atoms with Crippen LogP contribution in [0.25, 0.3) is 0 Å². The van der Waals surface area contributed by atoms with E-state index in [9.17, 15) is 5.11 Å². The third-order valence-electron chi connectivity index (χ3n) is 2.79. The van der Waals surface area contributed by atoms with E-state index < -0.39 is 6.10 Å². The van der Waals surface area contributed by atoms with Crippen molar-refractivity contribution >= 4 is 0 Å². The molecule has 0 saturated heterocycles. The fourth-order valence-electron chi connectivity index (χ4n) is 1.63. The van der Waals surface area contributed by atoms with Gasteiger partial charge in [0.2, 0.25) is 0 Å². The molecule has 106 valence electrons. The summed E-state index contributed by atoms with van der Waals surface area (Å²) in [6.07, 6.45) is -0.635. The van der Waals surface area contributed by atoms with Crippen molar-refractivity contribution in [2.45, 2.75) is 12.7 Å². The van der Waals surface area contributed by atoms with E-state index in [1.165, 1.54) is 0 Å². The molecule has 0 saturated carbocycles. The van der Waals surface area contributed by atoms with E-state index in [0.717, 1.165) is 11.3 Å². The summed E-state index contributed by atoms with van der Waals surface area (Å²) in [5.74, 6) is 1.46. The Morgan fingerprint density at radius 3 is 2.10 bits per heavy atom. The minimum atomic E-state index is -0.635. The van der Waals surface area contributed by atoms with Crippen molar-refractivity contribution in [2.24, 2.45) is 5.73 Å². The summed E-state index contributed by atoms with van der Waals surface area (Å²) in [5.41, 5.74) is 6.43. The standard InChI is InChI=1S/C16H19NO3/c17-10-14(18)12-20-16-8-6-15(7-9-16)19-11-13-4-2-1-3-5-13/h1-9,14,18H,10-12,17H2/t14-/m1/s1. The maximum Gasteiger partial charge on any atom is 0.120 e. The Morgan fingerprint density at radius 1 is 0.900 bits per heavy atom. The Hall–Kier alpha value is -2.04. The number of hydrogen-bond acceptors (Lipinski definition) is 4. The van der Waals surface area contributed by atoms with Gasteiger partial charge in [0.1, 0.15) is 30.8 Å². The molecule has 20 heavy (non-hydrogen) atoms. The van der Waals surface area contributed by atoms with Gasteiger partial charge in [0.05, 0.1) is 0 Å². The average Bonchev–Trinajstić information content (AvgIpc) is 2.52. The SMILES string of the molecule is NC[C@@H](O)COc1ccc(OCc2ccccc2)cc1. The quantitative estimate of drug-likeness (QED) is 0.809. The highest BCUT2D eigenvalue weighted by molar-refractivity contribution is 5.31. The van der Waals surface area contributed by atoms with Crippen molar-refractivity contribution in [1.29, 1.82) is 0 Å². The molecule has 0 heterocycles. The maximum atomic E-state index is 9.31. The van der Waals surface area contributed by atoms with E-state index in [0.29, 0.717) is 12.4 Å². The van der Waals surface area contributed by atoms with Crippen LogP contribution in [0.1, 0.15) is 5.56 Å². The Kier molecular flexibility index (Phi) is 5.41. The summed E-state index contributed by atoms with van der Waals surface area (Å²) in [6.45, 7) is 0.923. The summed E-state index contributed by atoms with van der Waals surface area (Å²) >= 11 is 0. The van der Waals surface area contributed by atoms with Gasteiger partial charge in [-0.2, -0.15) is 0 Å². The number of benzene rings is 2. The highest BCUT2D eigenvalue weighted by Gasteiger charge is 2.02. The monoisotopic (exact) mass is 273 g/mol. The zero-order chi connectivity index (χ0) is 14.2. The Morgan fingerprint density at radius 2 is 1.50 bits per heavy atom. The molecule has 4 heteroatoms. The predicted octanol–water partition coefficient (Wildman–Crippen LogP) is 1.96. The van der Waals surface area contributed by atoms with Gasteiger partial charge >= 0.3 is 0 Å². The van der Waals surface area contributed by atoms with Gasteiger partial charge in [0, 0.05) is 6.54 Å². The van der Waals surface area contributed by atoms with E-state index in [2.05, 4.69) is 0 Å². The molecule has 2 aromatic rings. The smallest absolute Gasteiger partial charge is 0.120 e. The van der Waals surface area contributed by atoms with Crippen molar-refractivity contribution in [3.63, 3.8) is 0 Å². The molecular weight excluding hydrogens is 254 g/mol. The molecule has 0 aliphatic carbocycles. The van der Waals surface area contributed by atoms with Crippen LogP contribution in [0, 0.1) is 0 Å². The third-order valence-corrected chi connectivity index (χ3v) is 2.79. The second kappa shape index (κ2) is 7.53. The molecule has 1 atom stereocenters. The molecule has 0 amide bonds. The zero-order valence-electron chi connectivity index (χ0n) is 11.2. The lowest BCUT2D eigenvalue weighted by molar-refractivity contribution is 0.114. The normalized spacial score (nSPS) is 11.9. The summed E-state index contributed by atoms with van der Waals surface area (Å²) in [6, 6.07) is 17.3. The van der Waals surface area contributed by atoms with Crippen molar-refractivity contribution in [3.8, 4) is 11.5 Å². The molecule has 0 aliphatic heterocycles. The van der Waals surface area contributed by atoms with E-state index in [4.69, 9.17) is 15.2 Å². The van der Waals surface area contributed by atoms with Gasteiger partial charge in [-0.3, -0.25) is 0 Å². The lowest BCUT2D eigenvalue weighted by Crippen LogP contribution is -2.26. The van der Waals surface area contributed by atoms with Crippen molar-refractivity contribution in [3.05, 3.63) is 60.2 Å².